The highest BCUT2D eigenvalue weighted by Gasteiger charge is 1.90. The van der Waals surface area contributed by atoms with Crippen molar-refractivity contribution < 1.29 is 0 Å². The van der Waals surface area contributed by atoms with Gasteiger partial charge in [-0.3, -0.25) is 0 Å². The van der Waals surface area contributed by atoms with Gasteiger partial charge in [0.2, 0.25) is 0 Å². The van der Waals surface area contributed by atoms with Gasteiger partial charge in [-0.15, -0.1) is 28.3 Å². The van der Waals surface area contributed by atoms with Gasteiger partial charge in [-0.1, -0.05) is 0 Å². The van der Waals surface area contributed by atoms with E-state index in [-0.39, 0.29) is 17.0 Å². The smallest absolute Gasteiger partial charge is 0.100 e. The molecule has 0 fully saturated rings. The summed E-state index contributed by atoms with van der Waals surface area (Å²) in [6, 6.07) is 1.93. The highest BCUT2D eigenvalue weighted by atomic mass is 79.9. The van der Waals surface area contributed by atoms with Crippen LogP contribution in [0.2, 0.25) is 0 Å². The number of halogens is 2. The molecule has 0 bridgehead atoms. The molecule has 0 atom stereocenters. The number of hydrogen-bond acceptors (Lipinski definition) is 2. The van der Waals surface area contributed by atoms with Gasteiger partial charge in [0.05, 0.1) is 4.47 Å². The van der Waals surface area contributed by atoms with E-state index >= 15 is 0 Å². The first-order chi connectivity index (χ1) is 3.30. The van der Waals surface area contributed by atoms with E-state index in [2.05, 4.69) is 15.9 Å². The molecule has 1 heterocycles. The Hall–Kier alpha value is 0.460. The van der Waals surface area contributed by atoms with Crippen LogP contribution in [0.1, 0.15) is 0 Å². The van der Waals surface area contributed by atoms with Gasteiger partial charge < -0.3 is 5.73 Å². The molecule has 0 unspecified atom stereocenters. The van der Waals surface area contributed by atoms with Crippen molar-refractivity contribution in [1.82, 2.24) is 0 Å². The predicted molar refractivity (Wildman–Crippen MR) is 46.8 cm³/mol. The summed E-state index contributed by atoms with van der Waals surface area (Å²) in [4.78, 5) is 0. The van der Waals surface area contributed by atoms with Gasteiger partial charge in [-0.25, -0.2) is 0 Å². The molecule has 0 aliphatic rings. The second-order valence-corrected chi connectivity index (χ2v) is 2.93. The Kier molecular flexibility index (Phi) is 3.68. The van der Waals surface area contributed by atoms with Crippen molar-refractivity contribution >= 4 is 49.2 Å². The first-order valence-electron chi connectivity index (χ1n) is 1.79. The van der Waals surface area contributed by atoms with E-state index in [0.29, 0.717) is 0 Å². The molecule has 1 aromatic heterocycles. The second kappa shape index (κ2) is 3.48. The lowest BCUT2D eigenvalue weighted by atomic mass is 10.6. The number of hydrogen-bond donors (Lipinski definition) is 1. The van der Waals surface area contributed by atoms with Crippen LogP contribution in [-0.4, -0.2) is 0 Å². The fourth-order valence-electron chi connectivity index (χ4n) is 0.305. The average Bonchev–Trinajstić information content (AvgIpc) is 1.91. The summed E-state index contributed by atoms with van der Waals surface area (Å²) in [5, 5.41) is 2.79. The monoisotopic (exact) mass is 257 g/mol. The second-order valence-electron chi connectivity index (χ2n) is 1.13. The molecular weight excluding hydrogens is 254 g/mol. The Morgan fingerprint density at radius 1 is 1.62 bits per heavy atom. The van der Waals surface area contributed by atoms with Crippen molar-refractivity contribution in [2.24, 2.45) is 0 Å². The lowest BCUT2D eigenvalue weighted by Crippen LogP contribution is -1.75. The average molecular weight is 259 g/mol. The zero-order valence-corrected chi connectivity index (χ0v) is 8.04. The van der Waals surface area contributed by atoms with Crippen molar-refractivity contribution in [3.05, 3.63) is 15.9 Å². The van der Waals surface area contributed by atoms with Crippen LogP contribution in [0.3, 0.4) is 0 Å². The van der Waals surface area contributed by atoms with Crippen molar-refractivity contribution in [1.29, 1.82) is 0 Å². The topological polar surface area (TPSA) is 26.0 Å². The standard InChI is InChI=1S/C4H4BrNS.BrH/c5-3-1-2-7-4(3)6;/h1-2H,6H2;1H. The third-order valence-electron chi connectivity index (χ3n) is 0.645. The molecule has 0 saturated heterocycles. The third-order valence-corrected chi connectivity index (χ3v) is 2.34. The van der Waals surface area contributed by atoms with Gasteiger partial charge in [0.15, 0.2) is 0 Å². The molecular formula is C4H5Br2NS. The van der Waals surface area contributed by atoms with Crippen molar-refractivity contribution in [2.45, 2.75) is 0 Å². The molecule has 1 nitrogen and oxygen atoms in total. The zero-order chi connectivity index (χ0) is 5.28. The van der Waals surface area contributed by atoms with Crippen LogP contribution in [0.25, 0.3) is 0 Å². The summed E-state index contributed by atoms with van der Waals surface area (Å²) in [5.41, 5.74) is 5.41. The minimum Gasteiger partial charge on any atom is -0.390 e. The SMILES string of the molecule is Br.Nc1sccc1Br. The molecule has 1 rings (SSSR count). The van der Waals surface area contributed by atoms with E-state index in [1.807, 2.05) is 11.4 Å². The molecule has 4 heteroatoms. The maximum absolute atomic E-state index is 5.41. The molecule has 0 amide bonds. The molecule has 0 radical (unpaired) electrons. The normalized spacial score (nSPS) is 8.12. The van der Waals surface area contributed by atoms with Gasteiger partial charge in [0, 0.05) is 0 Å². The Labute approximate surface area is 70.8 Å². The van der Waals surface area contributed by atoms with Gasteiger partial charge in [-0.05, 0) is 27.4 Å². The summed E-state index contributed by atoms with van der Waals surface area (Å²) in [5.74, 6) is 0. The largest absolute Gasteiger partial charge is 0.390 e. The van der Waals surface area contributed by atoms with Gasteiger partial charge in [0.1, 0.15) is 5.00 Å². The van der Waals surface area contributed by atoms with Crippen LogP contribution in [0, 0.1) is 0 Å². The first kappa shape index (κ1) is 8.46. The van der Waals surface area contributed by atoms with Crippen molar-refractivity contribution in [3.8, 4) is 0 Å². The molecule has 0 aliphatic carbocycles. The number of anilines is 1. The van der Waals surface area contributed by atoms with E-state index in [4.69, 9.17) is 5.73 Å². The lowest BCUT2D eigenvalue weighted by molar-refractivity contribution is 1.85. The highest BCUT2D eigenvalue weighted by molar-refractivity contribution is 9.10. The van der Waals surface area contributed by atoms with Gasteiger partial charge in [-0.2, -0.15) is 0 Å². The van der Waals surface area contributed by atoms with Gasteiger partial charge in [0.25, 0.3) is 0 Å². The number of nitrogen functional groups attached to an aromatic ring is 1. The molecule has 0 spiro atoms. The third kappa shape index (κ3) is 1.76. The first-order valence-corrected chi connectivity index (χ1v) is 3.46. The quantitative estimate of drug-likeness (QED) is 0.761. The van der Waals surface area contributed by atoms with Crippen LogP contribution >= 0.6 is 44.2 Å². The van der Waals surface area contributed by atoms with E-state index < -0.39 is 0 Å². The summed E-state index contributed by atoms with van der Waals surface area (Å²) >= 11 is 4.79. The minimum absolute atomic E-state index is 0. The van der Waals surface area contributed by atoms with Crippen molar-refractivity contribution in [2.75, 3.05) is 5.73 Å². The molecule has 0 saturated carbocycles. The molecule has 0 aliphatic heterocycles. The van der Waals surface area contributed by atoms with Crippen LogP contribution < -0.4 is 5.73 Å². The number of nitrogens with two attached hydrogens (primary N) is 1. The summed E-state index contributed by atoms with van der Waals surface area (Å²) in [6.45, 7) is 0. The Bertz CT molecular complexity index is 146. The Balaban J connectivity index is 0.000000490. The highest BCUT2D eigenvalue weighted by Crippen LogP contribution is 2.23. The van der Waals surface area contributed by atoms with Crippen molar-refractivity contribution in [3.63, 3.8) is 0 Å². The Morgan fingerprint density at radius 2 is 2.25 bits per heavy atom. The van der Waals surface area contributed by atoms with E-state index in [1.54, 1.807) is 0 Å². The molecule has 46 valence electrons. The molecule has 8 heavy (non-hydrogen) atoms. The summed E-state index contributed by atoms with van der Waals surface area (Å²) in [6.07, 6.45) is 0. The minimum atomic E-state index is 0. The van der Waals surface area contributed by atoms with Crippen LogP contribution in [-0.2, 0) is 0 Å². The van der Waals surface area contributed by atoms with E-state index in [1.165, 1.54) is 11.3 Å². The molecule has 0 aromatic carbocycles. The van der Waals surface area contributed by atoms with Gasteiger partial charge >= 0.3 is 0 Å². The van der Waals surface area contributed by atoms with E-state index in [0.717, 1.165) is 9.47 Å². The van der Waals surface area contributed by atoms with E-state index in [9.17, 15) is 0 Å². The lowest BCUT2D eigenvalue weighted by Gasteiger charge is -1.78. The fraction of sp³-hybridized carbons (Fsp3) is 0. The fourth-order valence-corrected chi connectivity index (χ4v) is 1.42. The maximum atomic E-state index is 5.41. The summed E-state index contributed by atoms with van der Waals surface area (Å²) < 4.78 is 0.998. The summed E-state index contributed by atoms with van der Waals surface area (Å²) in [7, 11) is 0. The van der Waals surface area contributed by atoms with Crippen LogP contribution in [0.5, 0.6) is 0 Å². The zero-order valence-electron chi connectivity index (χ0n) is 3.93. The molecule has 1 aromatic rings. The number of thiophene rings is 1. The van der Waals surface area contributed by atoms with Crippen LogP contribution in [0.15, 0.2) is 15.9 Å². The maximum Gasteiger partial charge on any atom is 0.100 e. The predicted octanol–water partition coefficient (Wildman–Crippen LogP) is 2.67. The molecule has 2 N–H and O–H groups in total. The number of rotatable bonds is 0. The Morgan fingerprint density at radius 3 is 2.38 bits per heavy atom. The van der Waals surface area contributed by atoms with Crippen LogP contribution in [0.4, 0.5) is 5.00 Å².